The number of allylic oxidation sites excluding steroid dienone is 1. The van der Waals surface area contributed by atoms with Crippen molar-refractivity contribution in [3.8, 4) is 22.9 Å². The number of aromatic nitrogens is 2. The van der Waals surface area contributed by atoms with Crippen LogP contribution in [0.2, 0.25) is 0 Å². The Bertz CT molecular complexity index is 2570. The van der Waals surface area contributed by atoms with Gasteiger partial charge in [-0.3, -0.25) is 24.0 Å². The molecule has 1 saturated carbocycles. The minimum Gasteiger partial charge on any atom is -0.497 e. The van der Waals surface area contributed by atoms with Gasteiger partial charge < -0.3 is 45.7 Å². The number of Topliss-reactive ketones (excluding diaryl/α,β-unsaturated/α-hetero) is 1. The standard InChI is InChI=1S/C49H60N8O9S/c1-27(2)41(55-47(63)66-48(5,6)7)45(62)57-25-31(65-39-23-36(37-26-67-46(54-37)50-28(3)4)51-35-21-30(64-8)19-20-32(35)39)22-38(57)43(60)56-49-24-29(49)15-11-9-10-12-18-40(58)52-33-16-13-14-17-34(33)53-44(61)42(49)59/h11,13-17,19-21,23,26-29,31,38,41H,9-10,12,18,22,24-25H2,1-8H3,(H,50,54)(H,52,58)(H,53,61)(H,55,63)(H,56,60)/t29-,31-,38-,41+,49-/m0/s1. The van der Waals surface area contributed by atoms with Crippen molar-refractivity contribution in [3.05, 3.63) is 66.1 Å². The molecule has 1 aliphatic carbocycles. The minimum absolute atomic E-state index is 0.00661. The number of pyridine rings is 1. The van der Waals surface area contributed by atoms with Gasteiger partial charge >= 0.3 is 6.09 Å². The maximum atomic E-state index is 14.9. The number of thiazole rings is 1. The number of fused-ring (bicyclic) bond motifs is 3. The van der Waals surface area contributed by atoms with Crippen molar-refractivity contribution < 1.29 is 43.0 Å². The maximum Gasteiger partial charge on any atom is 0.408 e. The Morgan fingerprint density at radius 1 is 0.955 bits per heavy atom. The topological polar surface area (TPSA) is 219 Å². The molecule has 4 aromatic rings. The number of ketones is 1. The summed E-state index contributed by atoms with van der Waals surface area (Å²) in [7, 11) is 1.56. The van der Waals surface area contributed by atoms with Crippen LogP contribution < -0.4 is 36.1 Å². The number of methoxy groups -OCH3 is 1. The highest BCUT2D eigenvalue weighted by Gasteiger charge is 2.62. The number of nitrogens with zero attached hydrogens (tertiary/aromatic N) is 3. The second-order valence-corrected chi connectivity index (χ2v) is 19.8. The summed E-state index contributed by atoms with van der Waals surface area (Å²) in [5.41, 5.74) is -0.186. The number of anilines is 3. The Labute approximate surface area is 394 Å². The molecule has 18 heteroatoms. The molecule has 356 valence electrons. The molecule has 2 aromatic carbocycles. The summed E-state index contributed by atoms with van der Waals surface area (Å²) >= 11 is 1.44. The summed E-state index contributed by atoms with van der Waals surface area (Å²) in [5.74, 6) is -3.24. The molecule has 0 radical (unpaired) electrons. The SMILES string of the molecule is COc1ccc2c(O[C@H]3C[C@@H](C(=O)N[C@@]45C[C@@H]4C=CCCCCC(=O)Nc4ccccc4NC(=O)C5=O)N(C(=O)[C@H](NC(=O)OC(C)(C)C)C(C)C)C3)cc(-c3csc(NC(C)C)n3)nc2c1. The van der Waals surface area contributed by atoms with Gasteiger partial charge in [0.1, 0.15) is 46.5 Å². The highest BCUT2D eigenvalue weighted by atomic mass is 32.1. The van der Waals surface area contributed by atoms with Gasteiger partial charge in [0.25, 0.3) is 5.91 Å². The fourth-order valence-electron chi connectivity index (χ4n) is 8.31. The number of likely N-dealkylation sites (tertiary alicyclic amines) is 1. The lowest BCUT2D eigenvalue weighted by Gasteiger charge is -2.31. The zero-order valence-corrected chi connectivity index (χ0v) is 40.0. The van der Waals surface area contributed by atoms with Crippen LogP contribution in [0.1, 0.15) is 87.0 Å². The second-order valence-electron chi connectivity index (χ2n) is 18.9. The molecule has 0 unspecified atom stereocenters. The molecule has 5 amide bonds. The summed E-state index contributed by atoms with van der Waals surface area (Å²) in [6.45, 7) is 12.7. The van der Waals surface area contributed by atoms with Crippen molar-refractivity contribution >= 4 is 74.3 Å². The first-order valence-corrected chi connectivity index (χ1v) is 23.6. The normalized spacial score (nSPS) is 21.6. The summed E-state index contributed by atoms with van der Waals surface area (Å²) < 4.78 is 17.9. The van der Waals surface area contributed by atoms with Gasteiger partial charge in [0.15, 0.2) is 5.13 Å². The van der Waals surface area contributed by atoms with Crippen LogP contribution in [0.25, 0.3) is 22.3 Å². The summed E-state index contributed by atoms with van der Waals surface area (Å²) in [4.78, 5) is 94.8. The lowest BCUT2D eigenvalue weighted by molar-refractivity contribution is -0.143. The van der Waals surface area contributed by atoms with Crippen molar-refractivity contribution in [1.82, 2.24) is 25.5 Å². The molecule has 7 rings (SSSR count). The summed E-state index contributed by atoms with van der Waals surface area (Å²) in [5, 5.41) is 17.7. The third-order valence-electron chi connectivity index (χ3n) is 11.7. The first kappa shape index (κ1) is 48.4. The number of rotatable bonds is 11. The van der Waals surface area contributed by atoms with Crippen LogP contribution in [0.4, 0.5) is 21.3 Å². The van der Waals surface area contributed by atoms with Crippen molar-refractivity contribution in [3.63, 3.8) is 0 Å². The summed E-state index contributed by atoms with van der Waals surface area (Å²) in [6.07, 6.45) is 4.53. The molecule has 2 fully saturated rings. The van der Waals surface area contributed by atoms with E-state index in [1.807, 2.05) is 37.4 Å². The molecule has 0 bridgehead atoms. The van der Waals surface area contributed by atoms with E-state index in [4.69, 9.17) is 24.2 Å². The molecule has 2 aromatic heterocycles. The van der Waals surface area contributed by atoms with E-state index < -0.39 is 70.8 Å². The number of ether oxygens (including phenoxy) is 3. The Morgan fingerprint density at radius 2 is 1.70 bits per heavy atom. The van der Waals surface area contributed by atoms with E-state index in [0.29, 0.717) is 58.7 Å². The lowest BCUT2D eigenvalue weighted by atomic mass is 10.0. The first-order chi connectivity index (χ1) is 31.8. The molecule has 0 spiro atoms. The van der Waals surface area contributed by atoms with Crippen molar-refractivity contribution in [2.75, 3.05) is 29.6 Å². The fraction of sp³-hybridized carbons (Fsp3) is 0.469. The average Bonchev–Trinajstić information content (AvgIpc) is 3.52. The maximum absolute atomic E-state index is 14.9. The van der Waals surface area contributed by atoms with E-state index in [-0.39, 0.29) is 43.4 Å². The zero-order valence-electron chi connectivity index (χ0n) is 39.2. The fourth-order valence-corrected chi connectivity index (χ4v) is 9.16. The van der Waals surface area contributed by atoms with Crippen LogP contribution in [0.15, 0.2) is 66.1 Å². The Hall–Kier alpha value is -6.56. The predicted molar refractivity (Wildman–Crippen MR) is 256 cm³/mol. The Kier molecular flexibility index (Phi) is 14.5. The quantitative estimate of drug-likeness (QED) is 0.0743. The van der Waals surface area contributed by atoms with Gasteiger partial charge in [-0.15, -0.1) is 11.3 Å². The van der Waals surface area contributed by atoms with E-state index in [2.05, 4.69) is 26.6 Å². The molecular weight excluding hydrogens is 877 g/mol. The molecule has 4 heterocycles. The number of alkyl carbamates (subject to hydrolysis) is 1. The molecule has 5 N–H and O–H groups in total. The molecule has 1 saturated heterocycles. The van der Waals surface area contributed by atoms with Gasteiger partial charge in [0.2, 0.25) is 23.5 Å². The van der Waals surface area contributed by atoms with Crippen molar-refractivity contribution in [2.24, 2.45) is 11.8 Å². The van der Waals surface area contributed by atoms with Gasteiger partial charge in [-0.1, -0.05) is 38.1 Å². The van der Waals surface area contributed by atoms with Crippen LogP contribution in [-0.2, 0) is 28.7 Å². The van der Waals surface area contributed by atoms with Gasteiger partial charge in [-0.2, -0.15) is 0 Å². The number of carbonyl (C=O) groups is 6. The van der Waals surface area contributed by atoms with Crippen LogP contribution >= 0.6 is 11.3 Å². The number of nitrogens with one attached hydrogen (secondary N) is 5. The number of para-hydroxylation sites is 2. The third-order valence-corrected chi connectivity index (χ3v) is 12.5. The molecular formula is C49H60N8O9S. The smallest absolute Gasteiger partial charge is 0.408 e. The van der Waals surface area contributed by atoms with Crippen LogP contribution in [0.5, 0.6) is 11.5 Å². The van der Waals surface area contributed by atoms with Gasteiger partial charge in [-0.25, -0.2) is 14.8 Å². The van der Waals surface area contributed by atoms with Crippen LogP contribution in [0.3, 0.4) is 0 Å². The van der Waals surface area contributed by atoms with E-state index >= 15 is 0 Å². The number of amides is 5. The van der Waals surface area contributed by atoms with Gasteiger partial charge in [-0.05, 0) is 90.5 Å². The molecule has 3 aliphatic rings. The molecule has 2 aliphatic heterocycles. The monoisotopic (exact) mass is 936 g/mol. The Morgan fingerprint density at radius 3 is 2.40 bits per heavy atom. The largest absolute Gasteiger partial charge is 0.497 e. The number of carbonyl (C=O) groups excluding carboxylic acids is 6. The third kappa shape index (κ3) is 11.5. The summed E-state index contributed by atoms with van der Waals surface area (Å²) in [6, 6.07) is 11.6. The number of hydrogen-bond acceptors (Lipinski definition) is 13. The van der Waals surface area contributed by atoms with Crippen molar-refractivity contribution in [1.29, 1.82) is 0 Å². The van der Waals surface area contributed by atoms with Crippen molar-refractivity contribution in [2.45, 2.75) is 122 Å². The predicted octanol–water partition coefficient (Wildman–Crippen LogP) is 7.24. The average molecular weight is 937 g/mol. The van der Waals surface area contributed by atoms with Gasteiger partial charge in [0, 0.05) is 47.7 Å². The molecule has 5 atom stereocenters. The molecule has 67 heavy (non-hydrogen) atoms. The van der Waals surface area contributed by atoms with E-state index in [0.717, 1.165) is 5.13 Å². The number of benzene rings is 2. The van der Waals surface area contributed by atoms with E-state index in [1.165, 1.54) is 16.2 Å². The highest BCUT2D eigenvalue weighted by Crippen LogP contribution is 2.46. The zero-order chi connectivity index (χ0) is 48.2. The van der Waals surface area contributed by atoms with E-state index in [1.54, 1.807) is 84.2 Å². The highest BCUT2D eigenvalue weighted by molar-refractivity contribution is 7.14. The second kappa shape index (κ2) is 20.1. The van der Waals surface area contributed by atoms with Crippen LogP contribution in [0, 0.1) is 11.8 Å². The number of hydrogen-bond donors (Lipinski definition) is 5. The lowest BCUT2D eigenvalue weighted by Crippen LogP contribution is -2.58. The van der Waals surface area contributed by atoms with E-state index in [9.17, 15) is 28.8 Å². The minimum atomic E-state index is -1.62. The van der Waals surface area contributed by atoms with Gasteiger partial charge in [0.05, 0.1) is 36.2 Å². The Balaban J connectivity index is 1.22. The molecule has 17 nitrogen and oxygen atoms in total. The van der Waals surface area contributed by atoms with Crippen LogP contribution in [-0.4, -0.2) is 99.4 Å². The first-order valence-electron chi connectivity index (χ1n) is 22.8.